The molecule has 41 heavy (non-hydrogen) atoms. The number of carbonyl (C=O) groups excluding carboxylic acids is 2. The number of aliphatic hydroxyl groups excluding tert-OH is 1. The first-order valence-corrected chi connectivity index (χ1v) is 17.8. The number of carbonyl (C=O) groups is 2. The lowest BCUT2D eigenvalue weighted by atomic mass is 9.99. The Morgan fingerprint density at radius 3 is 1.17 bits per heavy atom. The van der Waals surface area contributed by atoms with Crippen molar-refractivity contribution in [2.24, 2.45) is 11.8 Å². The highest BCUT2D eigenvalue weighted by Gasteiger charge is 2.12. The van der Waals surface area contributed by atoms with Crippen molar-refractivity contribution in [1.82, 2.24) is 0 Å². The number of aliphatic hydroxyl groups is 1. The van der Waals surface area contributed by atoms with Crippen molar-refractivity contribution in [3.8, 4) is 0 Å². The number of unbranched alkanes of at least 4 members (excludes halogenated alkanes) is 18. The molecule has 0 aliphatic carbocycles. The maximum Gasteiger partial charge on any atom is 0.305 e. The third-order valence-electron chi connectivity index (χ3n) is 8.31. The van der Waals surface area contributed by atoms with Gasteiger partial charge in [0.2, 0.25) is 0 Å². The summed E-state index contributed by atoms with van der Waals surface area (Å²) in [5, 5.41) is 9.97. The second-order valence-electron chi connectivity index (χ2n) is 13.1. The lowest BCUT2D eigenvalue weighted by molar-refractivity contribution is -0.152. The molecule has 5 nitrogen and oxygen atoms in total. The first kappa shape index (κ1) is 39.9. The van der Waals surface area contributed by atoms with Gasteiger partial charge in [0.15, 0.2) is 0 Å². The molecule has 0 aromatic carbocycles. The third-order valence-corrected chi connectivity index (χ3v) is 8.31. The van der Waals surface area contributed by atoms with Crippen LogP contribution in [-0.4, -0.2) is 36.4 Å². The predicted octanol–water partition coefficient (Wildman–Crippen LogP) is 10.5. The molecule has 244 valence electrons. The van der Waals surface area contributed by atoms with Crippen LogP contribution < -0.4 is 0 Å². The van der Waals surface area contributed by atoms with E-state index in [0.29, 0.717) is 12.8 Å². The van der Waals surface area contributed by atoms with Crippen LogP contribution in [0.25, 0.3) is 0 Å². The van der Waals surface area contributed by atoms with Crippen LogP contribution in [0.4, 0.5) is 0 Å². The van der Waals surface area contributed by atoms with Gasteiger partial charge in [0.25, 0.3) is 0 Å². The summed E-state index contributed by atoms with van der Waals surface area (Å²) < 4.78 is 10.3. The number of hydrogen-bond donors (Lipinski definition) is 1. The van der Waals surface area contributed by atoms with Gasteiger partial charge in [-0.05, 0) is 24.7 Å². The van der Waals surface area contributed by atoms with E-state index in [1.807, 2.05) is 0 Å². The summed E-state index contributed by atoms with van der Waals surface area (Å²) in [6.07, 6.45) is 28.6. The fourth-order valence-electron chi connectivity index (χ4n) is 5.19. The summed E-state index contributed by atoms with van der Waals surface area (Å²) in [6, 6.07) is 0. The Balaban J connectivity index is 3.42. The fourth-order valence-corrected chi connectivity index (χ4v) is 5.19. The van der Waals surface area contributed by atoms with Gasteiger partial charge in [0.1, 0.15) is 19.3 Å². The van der Waals surface area contributed by atoms with Gasteiger partial charge in [0.05, 0.1) is 0 Å². The van der Waals surface area contributed by atoms with Crippen LogP contribution in [0, 0.1) is 11.8 Å². The molecule has 5 heteroatoms. The maximum atomic E-state index is 11.9. The van der Waals surface area contributed by atoms with Crippen LogP contribution in [0.2, 0.25) is 0 Å². The Kier molecular flexibility index (Phi) is 29.5. The molecule has 2 atom stereocenters. The van der Waals surface area contributed by atoms with E-state index in [0.717, 1.165) is 43.9 Å². The number of ether oxygens (including phenoxy) is 2. The quantitative estimate of drug-likeness (QED) is 0.0650. The zero-order chi connectivity index (χ0) is 30.4. The molecule has 0 spiro atoms. The van der Waals surface area contributed by atoms with E-state index >= 15 is 0 Å². The van der Waals surface area contributed by atoms with Crippen molar-refractivity contribution in [3.05, 3.63) is 0 Å². The molecule has 0 fully saturated rings. The summed E-state index contributed by atoms with van der Waals surface area (Å²) in [7, 11) is 0. The smallest absolute Gasteiger partial charge is 0.305 e. The predicted molar refractivity (Wildman–Crippen MR) is 173 cm³/mol. The Hall–Kier alpha value is -1.10. The molecule has 1 unspecified atom stereocenters. The minimum absolute atomic E-state index is 0.110. The molecule has 0 aromatic heterocycles. The third kappa shape index (κ3) is 31.7. The van der Waals surface area contributed by atoms with Gasteiger partial charge in [-0.15, -0.1) is 0 Å². The van der Waals surface area contributed by atoms with E-state index in [-0.39, 0.29) is 25.2 Å². The topological polar surface area (TPSA) is 72.8 Å². The first-order chi connectivity index (χ1) is 19.8. The zero-order valence-corrected chi connectivity index (χ0v) is 27.9. The molecular weight excluding hydrogens is 512 g/mol. The Morgan fingerprint density at radius 2 is 0.829 bits per heavy atom. The van der Waals surface area contributed by atoms with Crippen molar-refractivity contribution >= 4 is 11.9 Å². The average molecular weight is 583 g/mol. The van der Waals surface area contributed by atoms with Gasteiger partial charge < -0.3 is 14.6 Å². The Bertz CT molecular complexity index is 576. The highest BCUT2D eigenvalue weighted by molar-refractivity contribution is 5.69. The van der Waals surface area contributed by atoms with E-state index in [9.17, 15) is 14.7 Å². The van der Waals surface area contributed by atoms with Gasteiger partial charge in [-0.25, -0.2) is 0 Å². The van der Waals surface area contributed by atoms with E-state index in [1.54, 1.807) is 0 Å². The molecule has 1 N–H and O–H groups in total. The van der Waals surface area contributed by atoms with Crippen molar-refractivity contribution in [1.29, 1.82) is 0 Å². The van der Waals surface area contributed by atoms with Crippen molar-refractivity contribution in [2.75, 3.05) is 13.2 Å². The summed E-state index contributed by atoms with van der Waals surface area (Å²) in [5.74, 6) is 1.15. The van der Waals surface area contributed by atoms with Crippen LogP contribution in [0.1, 0.15) is 188 Å². The van der Waals surface area contributed by atoms with Gasteiger partial charge >= 0.3 is 11.9 Å². The molecule has 0 aromatic rings. The maximum absolute atomic E-state index is 11.9. The van der Waals surface area contributed by atoms with E-state index < -0.39 is 6.10 Å². The lowest BCUT2D eigenvalue weighted by Crippen LogP contribution is -2.25. The van der Waals surface area contributed by atoms with E-state index in [1.165, 1.54) is 116 Å². The van der Waals surface area contributed by atoms with Crippen LogP contribution in [-0.2, 0) is 19.1 Å². The van der Waals surface area contributed by atoms with Crippen LogP contribution in [0.3, 0.4) is 0 Å². The monoisotopic (exact) mass is 583 g/mol. The van der Waals surface area contributed by atoms with Gasteiger partial charge in [-0.3, -0.25) is 9.59 Å². The molecule has 0 rings (SSSR count). The second-order valence-corrected chi connectivity index (χ2v) is 13.1. The molecule has 0 saturated carbocycles. The van der Waals surface area contributed by atoms with Gasteiger partial charge in [-0.1, -0.05) is 163 Å². The molecule has 0 aliphatic rings. The van der Waals surface area contributed by atoms with Crippen LogP contribution >= 0.6 is 0 Å². The minimum atomic E-state index is -0.955. The normalized spacial score (nSPS) is 12.9. The first-order valence-electron chi connectivity index (χ1n) is 17.8. The molecule has 0 saturated heterocycles. The highest BCUT2D eigenvalue weighted by Crippen LogP contribution is 2.16. The lowest BCUT2D eigenvalue weighted by Gasteiger charge is -2.12. The largest absolute Gasteiger partial charge is 0.463 e. The molecule has 0 radical (unpaired) electrons. The Morgan fingerprint density at radius 1 is 0.512 bits per heavy atom. The molecule has 0 bridgehead atoms. The number of esters is 2. The molecule has 0 heterocycles. The van der Waals surface area contributed by atoms with Gasteiger partial charge in [-0.2, -0.15) is 0 Å². The van der Waals surface area contributed by atoms with Crippen LogP contribution in [0.5, 0.6) is 0 Å². The van der Waals surface area contributed by atoms with Crippen molar-refractivity contribution in [2.45, 2.75) is 194 Å². The van der Waals surface area contributed by atoms with E-state index in [4.69, 9.17) is 9.47 Å². The van der Waals surface area contributed by atoms with Crippen molar-refractivity contribution < 1.29 is 24.2 Å². The zero-order valence-electron chi connectivity index (χ0n) is 27.9. The molecular formula is C36H70O5. The minimum Gasteiger partial charge on any atom is -0.463 e. The van der Waals surface area contributed by atoms with E-state index in [2.05, 4.69) is 27.7 Å². The van der Waals surface area contributed by atoms with Crippen LogP contribution in [0.15, 0.2) is 0 Å². The summed E-state index contributed by atoms with van der Waals surface area (Å²) in [6.45, 7) is 9.00. The van der Waals surface area contributed by atoms with Crippen molar-refractivity contribution in [3.63, 3.8) is 0 Å². The number of hydrogen-bond acceptors (Lipinski definition) is 5. The number of rotatable bonds is 31. The standard InChI is InChI=1S/C36H70O5/c1-5-33(4)27-23-19-15-11-7-9-13-17-21-25-29-36(39)41-31-34(37)30-40-35(38)28-24-20-16-12-8-6-10-14-18-22-26-32(2)3/h32-34,37H,5-31H2,1-4H3/t33?,34-/m1/s1. The Labute approximate surface area is 255 Å². The fraction of sp³-hybridized carbons (Fsp3) is 0.944. The average Bonchev–Trinajstić information content (AvgIpc) is 2.95. The molecule has 0 aliphatic heterocycles. The summed E-state index contributed by atoms with van der Waals surface area (Å²) in [4.78, 5) is 23.8. The second kappa shape index (κ2) is 30.4. The SMILES string of the molecule is CCC(C)CCCCCCCCCCCCC(=O)OC[C@H](O)COC(=O)CCCCCCCCCCCCC(C)C. The summed E-state index contributed by atoms with van der Waals surface area (Å²) in [5.41, 5.74) is 0. The highest BCUT2D eigenvalue weighted by atomic mass is 16.6. The molecule has 0 amide bonds. The summed E-state index contributed by atoms with van der Waals surface area (Å²) >= 11 is 0. The van der Waals surface area contributed by atoms with Gasteiger partial charge in [0, 0.05) is 12.8 Å².